The molecule has 1 saturated carbocycles. The molecule has 1 aliphatic rings. The van der Waals surface area contributed by atoms with Gasteiger partial charge in [-0.2, -0.15) is 0 Å². The smallest absolute Gasteiger partial charge is 0.101 e. The number of hydrogen-bond acceptors (Lipinski definition) is 1. The number of benzene rings is 1. The molecule has 1 aromatic carbocycles. The van der Waals surface area contributed by atoms with Gasteiger partial charge in [0.05, 0.1) is 0 Å². The Morgan fingerprint density at radius 1 is 1.31 bits per heavy atom. The SMILES string of the molecule is CC(F)Cc1ccccc1CCC1(N)CC1. The van der Waals surface area contributed by atoms with Crippen molar-refractivity contribution in [1.29, 1.82) is 0 Å². The van der Waals surface area contributed by atoms with E-state index in [1.54, 1.807) is 6.92 Å². The first-order chi connectivity index (χ1) is 7.59. The monoisotopic (exact) mass is 221 g/mol. The van der Waals surface area contributed by atoms with E-state index in [9.17, 15) is 4.39 Å². The summed E-state index contributed by atoms with van der Waals surface area (Å²) in [5.41, 5.74) is 8.57. The van der Waals surface area contributed by atoms with Gasteiger partial charge in [-0.15, -0.1) is 0 Å². The Balaban J connectivity index is 2.01. The van der Waals surface area contributed by atoms with Gasteiger partial charge in [-0.1, -0.05) is 24.3 Å². The molecule has 0 aliphatic heterocycles. The molecule has 2 rings (SSSR count). The Morgan fingerprint density at radius 2 is 1.94 bits per heavy atom. The maximum absolute atomic E-state index is 13.0. The number of aryl methyl sites for hydroxylation is 1. The first-order valence-electron chi connectivity index (χ1n) is 6.09. The Hall–Kier alpha value is -0.890. The molecule has 0 spiro atoms. The van der Waals surface area contributed by atoms with Crippen LogP contribution in [0.1, 0.15) is 37.3 Å². The van der Waals surface area contributed by atoms with Crippen molar-refractivity contribution in [1.82, 2.24) is 0 Å². The molecule has 0 amide bonds. The minimum atomic E-state index is -0.770. The lowest BCUT2D eigenvalue weighted by molar-refractivity contribution is 0.359. The standard InChI is InChI=1S/C14H20FN/c1-11(15)10-13-5-3-2-4-12(13)6-7-14(16)8-9-14/h2-5,11H,6-10,16H2,1H3. The predicted molar refractivity (Wildman–Crippen MR) is 65.2 cm³/mol. The summed E-state index contributed by atoms with van der Waals surface area (Å²) in [6.45, 7) is 1.61. The van der Waals surface area contributed by atoms with E-state index in [0.717, 1.165) is 31.2 Å². The van der Waals surface area contributed by atoms with Gasteiger partial charge in [0, 0.05) is 12.0 Å². The summed E-state index contributed by atoms with van der Waals surface area (Å²) in [4.78, 5) is 0. The number of nitrogens with two attached hydrogens (primary N) is 1. The zero-order chi connectivity index (χ0) is 11.6. The maximum Gasteiger partial charge on any atom is 0.101 e. The fourth-order valence-corrected chi connectivity index (χ4v) is 2.10. The molecule has 2 heteroatoms. The highest BCUT2D eigenvalue weighted by Crippen LogP contribution is 2.36. The zero-order valence-electron chi connectivity index (χ0n) is 9.88. The average Bonchev–Trinajstić information content (AvgIpc) is 2.95. The van der Waals surface area contributed by atoms with Crippen molar-refractivity contribution < 1.29 is 4.39 Å². The molecule has 0 radical (unpaired) electrons. The maximum atomic E-state index is 13.0. The Bertz CT molecular complexity index is 356. The van der Waals surface area contributed by atoms with Crippen LogP contribution in [0.2, 0.25) is 0 Å². The Kier molecular flexibility index (Phi) is 3.29. The molecule has 0 saturated heterocycles. The lowest BCUT2D eigenvalue weighted by atomic mass is 9.96. The second-order valence-corrected chi connectivity index (χ2v) is 5.12. The summed E-state index contributed by atoms with van der Waals surface area (Å²) in [5.74, 6) is 0. The van der Waals surface area contributed by atoms with Crippen molar-refractivity contribution in [3.8, 4) is 0 Å². The van der Waals surface area contributed by atoms with Crippen molar-refractivity contribution in [2.24, 2.45) is 5.73 Å². The van der Waals surface area contributed by atoms with E-state index in [1.807, 2.05) is 18.2 Å². The topological polar surface area (TPSA) is 26.0 Å². The van der Waals surface area contributed by atoms with E-state index in [0.29, 0.717) is 6.42 Å². The molecule has 1 nitrogen and oxygen atoms in total. The minimum Gasteiger partial charge on any atom is -0.325 e. The molecule has 0 heterocycles. The van der Waals surface area contributed by atoms with Gasteiger partial charge in [-0.05, 0) is 43.7 Å². The van der Waals surface area contributed by atoms with Crippen LogP contribution in [0.3, 0.4) is 0 Å². The summed E-state index contributed by atoms with van der Waals surface area (Å²) in [6.07, 6.45) is 4.06. The van der Waals surface area contributed by atoms with Crippen molar-refractivity contribution in [2.45, 2.75) is 50.7 Å². The third-order valence-electron chi connectivity index (χ3n) is 3.40. The molecule has 88 valence electrons. The second-order valence-electron chi connectivity index (χ2n) is 5.12. The highest BCUT2D eigenvalue weighted by Gasteiger charge is 2.37. The highest BCUT2D eigenvalue weighted by molar-refractivity contribution is 5.28. The van der Waals surface area contributed by atoms with E-state index in [2.05, 4.69) is 6.07 Å². The van der Waals surface area contributed by atoms with E-state index in [1.165, 1.54) is 5.56 Å². The van der Waals surface area contributed by atoms with Crippen LogP contribution in [0, 0.1) is 0 Å². The highest BCUT2D eigenvalue weighted by atomic mass is 19.1. The van der Waals surface area contributed by atoms with Gasteiger partial charge in [0.2, 0.25) is 0 Å². The van der Waals surface area contributed by atoms with E-state index in [4.69, 9.17) is 5.73 Å². The van der Waals surface area contributed by atoms with Gasteiger partial charge in [0.1, 0.15) is 6.17 Å². The predicted octanol–water partition coefficient (Wildman–Crippen LogP) is 3.01. The van der Waals surface area contributed by atoms with Crippen LogP contribution in [0.5, 0.6) is 0 Å². The normalized spacial score (nSPS) is 19.4. The minimum absolute atomic E-state index is 0.0917. The van der Waals surface area contributed by atoms with Gasteiger partial charge in [-0.25, -0.2) is 4.39 Å². The van der Waals surface area contributed by atoms with Gasteiger partial charge in [-0.3, -0.25) is 0 Å². The number of halogens is 1. The molecule has 0 bridgehead atoms. The van der Waals surface area contributed by atoms with Crippen LogP contribution in [-0.4, -0.2) is 11.7 Å². The molecule has 1 aliphatic carbocycles. The molecule has 1 fully saturated rings. The van der Waals surface area contributed by atoms with E-state index < -0.39 is 6.17 Å². The number of alkyl halides is 1. The summed E-state index contributed by atoms with van der Waals surface area (Å²) in [7, 11) is 0. The van der Waals surface area contributed by atoms with Gasteiger partial charge < -0.3 is 5.73 Å². The van der Waals surface area contributed by atoms with Gasteiger partial charge in [0.15, 0.2) is 0 Å². The molecular weight excluding hydrogens is 201 g/mol. The largest absolute Gasteiger partial charge is 0.325 e. The second kappa shape index (κ2) is 4.54. The fraction of sp³-hybridized carbons (Fsp3) is 0.571. The van der Waals surface area contributed by atoms with E-state index >= 15 is 0 Å². The van der Waals surface area contributed by atoms with Crippen LogP contribution in [0.25, 0.3) is 0 Å². The molecule has 0 aromatic heterocycles. The summed E-state index contributed by atoms with van der Waals surface area (Å²) >= 11 is 0. The summed E-state index contributed by atoms with van der Waals surface area (Å²) in [6, 6.07) is 8.14. The van der Waals surface area contributed by atoms with Crippen LogP contribution >= 0.6 is 0 Å². The van der Waals surface area contributed by atoms with Crippen LogP contribution in [0.15, 0.2) is 24.3 Å². The number of hydrogen-bond donors (Lipinski definition) is 1. The van der Waals surface area contributed by atoms with Gasteiger partial charge in [0.25, 0.3) is 0 Å². The molecule has 1 atom stereocenters. The van der Waals surface area contributed by atoms with Crippen LogP contribution in [0.4, 0.5) is 4.39 Å². The average molecular weight is 221 g/mol. The molecular formula is C14H20FN. The molecule has 2 N–H and O–H groups in total. The van der Waals surface area contributed by atoms with Crippen molar-refractivity contribution >= 4 is 0 Å². The lowest BCUT2D eigenvalue weighted by Gasteiger charge is -2.12. The number of rotatable bonds is 5. The third-order valence-corrected chi connectivity index (χ3v) is 3.40. The van der Waals surface area contributed by atoms with Crippen molar-refractivity contribution in [2.75, 3.05) is 0 Å². The summed E-state index contributed by atoms with van der Waals surface area (Å²) < 4.78 is 13.0. The Morgan fingerprint density at radius 3 is 2.50 bits per heavy atom. The Labute approximate surface area is 96.9 Å². The van der Waals surface area contributed by atoms with Crippen molar-refractivity contribution in [3.63, 3.8) is 0 Å². The van der Waals surface area contributed by atoms with Gasteiger partial charge >= 0.3 is 0 Å². The fourth-order valence-electron chi connectivity index (χ4n) is 2.10. The molecule has 16 heavy (non-hydrogen) atoms. The molecule has 1 aromatic rings. The lowest BCUT2D eigenvalue weighted by Crippen LogP contribution is -2.22. The van der Waals surface area contributed by atoms with Crippen LogP contribution < -0.4 is 5.73 Å². The molecule has 1 unspecified atom stereocenters. The summed E-state index contributed by atoms with van der Waals surface area (Å²) in [5, 5.41) is 0. The van der Waals surface area contributed by atoms with Crippen molar-refractivity contribution in [3.05, 3.63) is 35.4 Å². The quantitative estimate of drug-likeness (QED) is 0.812. The zero-order valence-corrected chi connectivity index (χ0v) is 9.88. The first-order valence-corrected chi connectivity index (χ1v) is 6.09. The van der Waals surface area contributed by atoms with Crippen LogP contribution in [-0.2, 0) is 12.8 Å². The third kappa shape index (κ3) is 3.05. The van der Waals surface area contributed by atoms with E-state index in [-0.39, 0.29) is 5.54 Å². The first kappa shape index (κ1) is 11.6.